The van der Waals surface area contributed by atoms with E-state index in [4.69, 9.17) is 0 Å². The van der Waals surface area contributed by atoms with Gasteiger partial charge in [0.2, 0.25) is 5.91 Å². The normalized spacial score (nSPS) is 40.3. The van der Waals surface area contributed by atoms with E-state index in [2.05, 4.69) is 36.1 Å². The monoisotopic (exact) mass is 323 g/mol. The van der Waals surface area contributed by atoms with Crippen LogP contribution in [0, 0.1) is 24.2 Å². The van der Waals surface area contributed by atoms with Gasteiger partial charge in [-0.15, -0.1) is 0 Å². The summed E-state index contributed by atoms with van der Waals surface area (Å²) in [6.07, 6.45) is 9.89. The van der Waals surface area contributed by atoms with Crippen LogP contribution in [0.2, 0.25) is 0 Å². The number of benzene rings is 1. The van der Waals surface area contributed by atoms with E-state index < -0.39 is 0 Å². The van der Waals surface area contributed by atoms with Gasteiger partial charge in [0, 0.05) is 13.1 Å². The van der Waals surface area contributed by atoms with Gasteiger partial charge in [-0.2, -0.15) is 0 Å². The largest absolute Gasteiger partial charge is 0.342 e. The number of carbonyl (C=O) groups excluding carboxylic acids is 1. The zero-order valence-corrected chi connectivity index (χ0v) is 14.9. The van der Waals surface area contributed by atoms with E-state index in [0.717, 1.165) is 31.3 Å². The fourth-order valence-electron chi connectivity index (χ4n) is 7.01. The zero-order chi connectivity index (χ0) is 16.4. The predicted octanol–water partition coefficient (Wildman–Crippen LogP) is 4.46. The van der Waals surface area contributed by atoms with Crippen molar-refractivity contribution in [3.8, 4) is 0 Å². The fraction of sp³-hybridized carbons (Fsp3) is 0.682. The Bertz CT molecular complexity index is 641. The minimum Gasteiger partial charge on any atom is -0.342 e. The van der Waals surface area contributed by atoms with Crippen LogP contribution in [0.15, 0.2) is 24.3 Å². The zero-order valence-electron chi connectivity index (χ0n) is 14.9. The minimum absolute atomic E-state index is 0.0285. The molecule has 2 heteroatoms. The Balaban J connectivity index is 1.52. The van der Waals surface area contributed by atoms with Crippen LogP contribution in [0.4, 0.5) is 0 Å². The van der Waals surface area contributed by atoms with E-state index in [1.165, 1.54) is 56.1 Å². The van der Waals surface area contributed by atoms with Crippen molar-refractivity contribution >= 4 is 5.91 Å². The molecule has 0 aromatic heterocycles. The molecular formula is C22H29NO. The molecule has 128 valence electrons. The Labute approximate surface area is 145 Å². The van der Waals surface area contributed by atoms with Gasteiger partial charge in [0.15, 0.2) is 0 Å². The van der Waals surface area contributed by atoms with E-state index in [9.17, 15) is 4.79 Å². The first-order valence-electron chi connectivity index (χ1n) is 9.95. The third-order valence-electron chi connectivity index (χ3n) is 7.57. The van der Waals surface area contributed by atoms with Crippen LogP contribution in [0.25, 0.3) is 0 Å². The van der Waals surface area contributed by atoms with Crippen LogP contribution in [-0.2, 0) is 10.2 Å². The van der Waals surface area contributed by atoms with Gasteiger partial charge < -0.3 is 4.90 Å². The van der Waals surface area contributed by atoms with Gasteiger partial charge in [0.25, 0.3) is 0 Å². The Morgan fingerprint density at radius 2 is 1.62 bits per heavy atom. The van der Waals surface area contributed by atoms with Gasteiger partial charge in [-0.05, 0) is 81.1 Å². The summed E-state index contributed by atoms with van der Waals surface area (Å²) < 4.78 is 0. The SMILES string of the molecule is Cc1ccc(C23CC4CC(CC(C(=O)N5CCCC5)(C4)C2)C3)cc1. The molecule has 4 bridgehead atoms. The first-order valence-corrected chi connectivity index (χ1v) is 9.95. The quantitative estimate of drug-likeness (QED) is 0.787. The van der Waals surface area contributed by atoms with Gasteiger partial charge >= 0.3 is 0 Å². The van der Waals surface area contributed by atoms with E-state index in [1.54, 1.807) is 0 Å². The molecule has 1 saturated heterocycles. The standard InChI is InChI=1S/C22H29NO/c1-16-4-6-19(7-5-16)21-11-17-10-18(12-21)14-22(13-17,15-21)20(24)23-8-2-3-9-23/h4-7,17-18H,2-3,8-15H2,1H3. The van der Waals surface area contributed by atoms with E-state index in [-0.39, 0.29) is 10.8 Å². The summed E-state index contributed by atoms with van der Waals surface area (Å²) in [6, 6.07) is 9.25. The van der Waals surface area contributed by atoms with Crippen molar-refractivity contribution in [1.82, 2.24) is 4.90 Å². The molecule has 5 aliphatic rings. The summed E-state index contributed by atoms with van der Waals surface area (Å²) in [5.41, 5.74) is 3.11. The van der Waals surface area contributed by atoms with Crippen molar-refractivity contribution in [3.63, 3.8) is 0 Å². The molecule has 1 aromatic carbocycles. The molecule has 5 fully saturated rings. The van der Waals surface area contributed by atoms with Gasteiger partial charge in [-0.1, -0.05) is 29.8 Å². The summed E-state index contributed by atoms with van der Waals surface area (Å²) in [5, 5.41) is 0. The second-order valence-electron chi connectivity index (χ2n) is 9.39. The summed E-state index contributed by atoms with van der Waals surface area (Å²) in [5.74, 6) is 2.07. The number of likely N-dealkylation sites (tertiary alicyclic amines) is 1. The van der Waals surface area contributed by atoms with Gasteiger partial charge in [0.1, 0.15) is 0 Å². The van der Waals surface area contributed by atoms with Gasteiger partial charge in [-0.3, -0.25) is 4.79 Å². The maximum atomic E-state index is 13.5. The maximum Gasteiger partial charge on any atom is 0.228 e. The summed E-state index contributed by atoms with van der Waals surface area (Å²) in [4.78, 5) is 15.7. The molecule has 2 atom stereocenters. The van der Waals surface area contributed by atoms with Crippen molar-refractivity contribution in [2.45, 2.75) is 63.7 Å². The van der Waals surface area contributed by atoms with Crippen LogP contribution < -0.4 is 0 Å². The van der Waals surface area contributed by atoms with E-state index in [0.29, 0.717) is 5.91 Å². The first-order chi connectivity index (χ1) is 11.6. The van der Waals surface area contributed by atoms with Crippen LogP contribution in [0.3, 0.4) is 0 Å². The predicted molar refractivity (Wildman–Crippen MR) is 95.8 cm³/mol. The molecular weight excluding hydrogens is 294 g/mol. The number of nitrogens with zero attached hydrogens (tertiary/aromatic N) is 1. The number of aryl methyl sites for hydroxylation is 1. The van der Waals surface area contributed by atoms with Crippen molar-refractivity contribution in [3.05, 3.63) is 35.4 Å². The second-order valence-corrected chi connectivity index (χ2v) is 9.39. The number of hydrogen-bond donors (Lipinski definition) is 0. The molecule has 2 unspecified atom stereocenters. The lowest BCUT2D eigenvalue weighted by atomic mass is 9.42. The molecule has 1 heterocycles. The molecule has 1 aromatic rings. The molecule has 4 saturated carbocycles. The number of amides is 1. The third-order valence-corrected chi connectivity index (χ3v) is 7.57. The molecule has 0 spiro atoms. The minimum atomic E-state index is -0.0285. The maximum absolute atomic E-state index is 13.5. The van der Waals surface area contributed by atoms with E-state index >= 15 is 0 Å². The Morgan fingerprint density at radius 3 is 2.25 bits per heavy atom. The molecule has 4 aliphatic carbocycles. The molecule has 1 amide bonds. The Morgan fingerprint density at radius 1 is 1.00 bits per heavy atom. The highest BCUT2D eigenvalue weighted by Gasteiger charge is 2.61. The summed E-state index contributed by atoms with van der Waals surface area (Å²) in [7, 11) is 0. The van der Waals surface area contributed by atoms with Crippen LogP contribution in [-0.4, -0.2) is 23.9 Å². The van der Waals surface area contributed by atoms with Crippen molar-refractivity contribution in [2.75, 3.05) is 13.1 Å². The fourth-order valence-corrected chi connectivity index (χ4v) is 7.01. The topological polar surface area (TPSA) is 20.3 Å². The van der Waals surface area contributed by atoms with Crippen LogP contribution in [0.1, 0.15) is 62.5 Å². The average Bonchev–Trinajstić information content (AvgIpc) is 3.07. The molecule has 0 radical (unpaired) electrons. The van der Waals surface area contributed by atoms with Gasteiger partial charge in [-0.25, -0.2) is 0 Å². The number of hydrogen-bond acceptors (Lipinski definition) is 1. The molecule has 1 aliphatic heterocycles. The number of carbonyl (C=O) groups is 1. The highest BCUT2D eigenvalue weighted by Crippen LogP contribution is 2.66. The Kier molecular flexibility index (Phi) is 3.18. The molecule has 0 N–H and O–H groups in total. The lowest BCUT2D eigenvalue weighted by Gasteiger charge is -2.62. The van der Waals surface area contributed by atoms with Crippen molar-refractivity contribution in [2.24, 2.45) is 17.3 Å². The van der Waals surface area contributed by atoms with Crippen LogP contribution in [0.5, 0.6) is 0 Å². The second kappa shape index (κ2) is 5.09. The Hall–Kier alpha value is -1.31. The highest BCUT2D eigenvalue weighted by molar-refractivity contribution is 5.84. The molecule has 6 rings (SSSR count). The smallest absolute Gasteiger partial charge is 0.228 e. The third kappa shape index (κ3) is 2.11. The molecule has 2 nitrogen and oxygen atoms in total. The van der Waals surface area contributed by atoms with Crippen molar-refractivity contribution < 1.29 is 4.79 Å². The lowest BCUT2D eigenvalue weighted by molar-refractivity contribution is -0.159. The molecule has 24 heavy (non-hydrogen) atoms. The van der Waals surface area contributed by atoms with Crippen LogP contribution >= 0.6 is 0 Å². The van der Waals surface area contributed by atoms with Crippen molar-refractivity contribution in [1.29, 1.82) is 0 Å². The van der Waals surface area contributed by atoms with E-state index in [1.807, 2.05) is 0 Å². The first kappa shape index (κ1) is 15.0. The van der Waals surface area contributed by atoms with Gasteiger partial charge in [0.05, 0.1) is 5.41 Å². The lowest BCUT2D eigenvalue weighted by Crippen LogP contribution is -2.59. The number of rotatable bonds is 2. The summed E-state index contributed by atoms with van der Waals surface area (Å²) >= 11 is 0. The highest BCUT2D eigenvalue weighted by atomic mass is 16.2. The summed E-state index contributed by atoms with van der Waals surface area (Å²) in [6.45, 7) is 4.18. The average molecular weight is 323 g/mol.